The van der Waals surface area contributed by atoms with Crippen molar-refractivity contribution in [1.82, 2.24) is 25.1 Å². The number of hydrogen-bond donors (Lipinski definition) is 2. The average Bonchev–Trinajstić information content (AvgIpc) is 3.39. The van der Waals surface area contributed by atoms with Crippen molar-refractivity contribution in [3.05, 3.63) is 29.6 Å². The van der Waals surface area contributed by atoms with E-state index in [1.807, 2.05) is 32.0 Å². The Bertz CT molecular complexity index is 1400. The molecular formula is C32H52F3N5O6Si. The molecule has 0 bridgehead atoms. The van der Waals surface area contributed by atoms with Crippen LogP contribution in [0.4, 0.5) is 22.8 Å². The highest BCUT2D eigenvalue weighted by Gasteiger charge is 2.49. The number of nitrogens with zero attached hydrogens (tertiary/aromatic N) is 3. The van der Waals surface area contributed by atoms with E-state index in [0.717, 1.165) is 25.5 Å². The van der Waals surface area contributed by atoms with E-state index in [9.17, 15) is 22.8 Å². The second-order valence-corrected chi connectivity index (χ2v) is 21.0. The minimum Gasteiger partial charge on any atom is -0.444 e. The third-order valence-electron chi connectivity index (χ3n) is 7.67. The van der Waals surface area contributed by atoms with Gasteiger partial charge in [0.2, 0.25) is 0 Å². The molecule has 1 aromatic heterocycles. The lowest BCUT2D eigenvalue weighted by Gasteiger charge is -2.30. The van der Waals surface area contributed by atoms with E-state index >= 15 is 0 Å². The number of halogens is 3. The standard InChI is InChI=1S/C32H52F3N5O6Si/c1-29(2,3)46-28(42)37-23(17-45-31(6,7)32(33,34)35)26-36-22-16-21(25(18-43-8)39-19-30(4,5)38-27(39)41)12-13-24(22)40(26)20-44-14-15-47(9,10)11/h12-13,16,23,25H,14-15,17-20H2,1-11H3,(H,37,42)(H,38,41)/t23-,25?/m0/s1. The summed E-state index contributed by atoms with van der Waals surface area (Å²) < 4.78 is 65.5. The molecule has 1 saturated heterocycles. The highest BCUT2D eigenvalue weighted by atomic mass is 28.3. The molecule has 1 unspecified atom stereocenters. The molecule has 266 valence electrons. The van der Waals surface area contributed by atoms with Crippen LogP contribution < -0.4 is 10.6 Å². The van der Waals surface area contributed by atoms with Crippen LogP contribution in [-0.2, 0) is 25.7 Å². The van der Waals surface area contributed by atoms with Gasteiger partial charge < -0.3 is 39.0 Å². The molecule has 1 aliphatic rings. The van der Waals surface area contributed by atoms with Gasteiger partial charge in [-0.1, -0.05) is 25.7 Å². The number of benzene rings is 1. The maximum atomic E-state index is 13.8. The van der Waals surface area contributed by atoms with Crippen molar-refractivity contribution < 1.29 is 41.7 Å². The molecule has 2 aromatic rings. The van der Waals surface area contributed by atoms with Crippen LogP contribution in [0.3, 0.4) is 0 Å². The number of hydrogen-bond acceptors (Lipinski definition) is 7. The van der Waals surface area contributed by atoms with Gasteiger partial charge in [0.15, 0.2) is 5.60 Å². The molecule has 47 heavy (non-hydrogen) atoms. The third kappa shape index (κ3) is 10.6. The maximum Gasteiger partial charge on any atom is 0.416 e. The maximum absolute atomic E-state index is 13.8. The summed E-state index contributed by atoms with van der Waals surface area (Å²) in [5.41, 5.74) is -1.91. The zero-order chi connectivity index (χ0) is 35.6. The van der Waals surface area contributed by atoms with Crippen LogP contribution in [0.2, 0.25) is 25.7 Å². The molecule has 2 heterocycles. The minimum atomic E-state index is -4.66. The zero-order valence-electron chi connectivity index (χ0n) is 29.6. The number of imidazole rings is 1. The van der Waals surface area contributed by atoms with E-state index < -0.39 is 55.8 Å². The molecule has 1 fully saturated rings. The smallest absolute Gasteiger partial charge is 0.416 e. The number of nitrogens with one attached hydrogen (secondary N) is 2. The Morgan fingerprint density at radius 2 is 1.79 bits per heavy atom. The topological polar surface area (TPSA) is 116 Å². The number of carbonyl (C=O) groups is 2. The van der Waals surface area contributed by atoms with Crippen LogP contribution in [-0.4, -0.2) is 91.0 Å². The summed E-state index contributed by atoms with van der Waals surface area (Å²) in [7, 11) is 0.139. The zero-order valence-corrected chi connectivity index (χ0v) is 30.6. The van der Waals surface area contributed by atoms with Crippen LogP contribution in [0.1, 0.15) is 71.9 Å². The van der Waals surface area contributed by atoms with Gasteiger partial charge >= 0.3 is 18.3 Å². The minimum absolute atomic E-state index is 0.0367. The van der Waals surface area contributed by atoms with Crippen LogP contribution in [0.15, 0.2) is 18.2 Å². The summed E-state index contributed by atoms with van der Waals surface area (Å²) in [4.78, 5) is 32.4. The Labute approximate surface area is 276 Å². The van der Waals surface area contributed by atoms with Crippen molar-refractivity contribution in [3.63, 3.8) is 0 Å². The molecule has 2 N–H and O–H groups in total. The van der Waals surface area contributed by atoms with Gasteiger partial charge in [0.05, 0.1) is 35.8 Å². The van der Waals surface area contributed by atoms with Crippen molar-refractivity contribution in [1.29, 1.82) is 0 Å². The fourth-order valence-electron chi connectivity index (χ4n) is 4.99. The summed E-state index contributed by atoms with van der Waals surface area (Å²) in [5.74, 6) is 0.234. The van der Waals surface area contributed by atoms with Crippen molar-refractivity contribution in [2.24, 2.45) is 0 Å². The molecule has 0 radical (unpaired) electrons. The first-order valence-electron chi connectivity index (χ1n) is 15.8. The highest BCUT2D eigenvalue weighted by Crippen LogP contribution is 2.35. The monoisotopic (exact) mass is 687 g/mol. The van der Waals surface area contributed by atoms with Gasteiger partial charge in [-0.2, -0.15) is 13.2 Å². The lowest BCUT2D eigenvalue weighted by molar-refractivity contribution is -0.265. The Morgan fingerprint density at radius 3 is 2.32 bits per heavy atom. The van der Waals surface area contributed by atoms with Crippen LogP contribution in [0.5, 0.6) is 0 Å². The summed E-state index contributed by atoms with van der Waals surface area (Å²) in [6.45, 7) is 18.1. The van der Waals surface area contributed by atoms with E-state index in [1.165, 1.54) is 0 Å². The normalized spacial score (nSPS) is 17.1. The van der Waals surface area contributed by atoms with Crippen molar-refractivity contribution >= 4 is 31.2 Å². The van der Waals surface area contributed by atoms with Gasteiger partial charge in [-0.3, -0.25) is 0 Å². The number of alkyl carbamates (subject to hydrolysis) is 1. The fraction of sp³-hybridized carbons (Fsp3) is 0.719. The molecule has 11 nitrogen and oxygen atoms in total. The van der Waals surface area contributed by atoms with Gasteiger partial charge in [-0.15, -0.1) is 0 Å². The lowest BCUT2D eigenvalue weighted by Crippen LogP contribution is -2.45. The molecule has 0 saturated carbocycles. The van der Waals surface area contributed by atoms with E-state index in [2.05, 4.69) is 30.3 Å². The number of rotatable bonds is 14. The first-order valence-corrected chi connectivity index (χ1v) is 19.5. The molecule has 1 aliphatic heterocycles. The van der Waals surface area contributed by atoms with Crippen LogP contribution in [0.25, 0.3) is 11.0 Å². The molecule has 3 amide bonds. The number of methoxy groups -OCH3 is 1. The SMILES string of the molecule is COCC(c1ccc2c(c1)nc([C@H](COC(C)(C)C(F)(F)F)NC(=O)OC(C)(C)C)n2COCC[Si](C)(C)C)N1CC(C)(C)NC1=O. The molecule has 15 heteroatoms. The molecule has 0 aliphatic carbocycles. The number of fused-ring (bicyclic) bond motifs is 1. The van der Waals surface area contributed by atoms with E-state index in [0.29, 0.717) is 24.2 Å². The van der Waals surface area contributed by atoms with Gasteiger partial charge in [0.25, 0.3) is 0 Å². The Morgan fingerprint density at radius 1 is 1.13 bits per heavy atom. The largest absolute Gasteiger partial charge is 0.444 e. The lowest BCUT2D eigenvalue weighted by atomic mass is 10.0. The Balaban J connectivity index is 2.11. The summed E-state index contributed by atoms with van der Waals surface area (Å²) in [6, 6.07) is 4.64. The summed E-state index contributed by atoms with van der Waals surface area (Å²) in [6.07, 6.45) is -5.50. The van der Waals surface area contributed by atoms with Crippen LogP contribution in [0, 0.1) is 0 Å². The number of amides is 3. The predicted molar refractivity (Wildman–Crippen MR) is 176 cm³/mol. The van der Waals surface area contributed by atoms with E-state index in [4.69, 9.17) is 23.9 Å². The van der Waals surface area contributed by atoms with Crippen molar-refractivity contribution in [3.8, 4) is 0 Å². The Hall–Kier alpha value is -2.88. The molecule has 0 spiro atoms. The number of aromatic nitrogens is 2. The third-order valence-corrected chi connectivity index (χ3v) is 9.38. The number of alkyl halides is 3. The number of carbonyl (C=O) groups excluding carboxylic acids is 2. The van der Waals surface area contributed by atoms with Crippen LogP contribution >= 0.6 is 0 Å². The van der Waals surface area contributed by atoms with Gasteiger partial charge in [0, 0.05) is 28.3 Å². The van der Waals surface area contributed by atoms with Crippen molar-refractivity contribution in [2.45, 2.75) is 116 Å². The molecule has 1 aromatic carbocycles. The molecular weight excluding hydrogens is 635 g/mol. The second-order valence-electron chi connectivity index (χ2n) is 15.4. The number of urea groups is 1. The van der Waals surface area contributed by atoms with Gasteiger partial charge in [-0.05, 0) is 72.2 Å². The fourth-order valence-corrected chi connectivity index (χ4v) is 5.74. The summed E-state index contributed by atoms with van der Waals surface area (Å²) in [5, 5.41) is 5.66. The molecule has 3 rings (SSSR count). The predicted octanol–water partition coefficient (Wildman–Crippen LogP) is 6.76. The van der Waals surface area contributed by atoms with Gasteiger partial charge in [0.1, 0.15) is 24.2 Å². The first-order chi connectivity index (χ1) is 21.4. The van der Waals surface area contributed by atoms with E-state index in [1.54, 1.807) is 37.3 Å². The Kier molecular flexibility index (Phi) is 11.7. The van der Waals surface area contributed by atoms with Gasteiger partial charge in [-0.25, -0.2) is 14.6 Å². The average molecular weight is 688 g/mol. The van der Waals surface area contributed by atoms with E-state index in [-0.39, 0.29) is 25.2 Å². The molecule has 2 atom stereocenters. The first kappa shape index (κ1) is 38.6. The van der Waals surface area contributed by atoms with Crippen molar-refractivity contribution in [2.75, 3.05) is 33.5 Å². The number of ether oxygens (including phenoxy) is 4. The second kappa shape index (κ2) is 14.3. The quantitative estimate of drug-likeness (QED) is 0.167. The highest BCUT2D eigenvalue weighted by molar-refractivity contribution is 6.76. The summed E-state index contributed by atoms with van der Waals surface area (Å²) >= 11 is 0.